The monoisotopic (exact) mass is 438 g/mol. The van der Waals surface area contributed by atoms with E-state index in [9.17, 15) is 0 Å². The van der Waals surface area contributed by atoms with Crippen LogP contribution in [0.3, 0.4) is 0 Å². The Labute approximate surface area is 178 Å². The molecule has 2 aliphatic rings. The van der Waals surface area contributed by atoms with E-state index in [0.717, 1.165) is 12.1 Å². The summed E-state index contributed by atoms with van der Waals surface area (Å²) >= 11 is 6.21. The van der Waals surface area contributed by atoms with E-state index in [4.69, 9.17) is 25.5 Å². The fraction of sp³-hybridized carbons (Fsp3) is 0.750. The minimum atomic E-state index is -1.85. The summed E-state index contributed by atoms with van der Waals surface area (Å²) in [6, 6.07) is 0.0609. The van der Waals surface area contributed by atoms with Crippen molar-refractivity contribution in [1.82, 2.24) is 19.5 Å². The van der Waals surface area contributed by atoms with E-state index in [1.165, 1.54) is 6.33 Å². The fourth-order valence-corrected chi connectivity index (χ4v) is 5.33. The number of rotatable bonds is 4. The number of aromatic nitrogens is 4. The molecular formula is C20H31ClN4O3Si. The number of fused-ring (bicyclic) bond motifs is 2. The summed E-state index contributed by atoms with van der Waals surface area (Å²) < 4.78 is 21.3. The highest BCUT2D eigenvalue weighted by atomic mass is 35.5. The maximum Gasteiger partial charge on any atom is 0.191 e. The van der Waals surface area contributed by atoms with Crippen molar-refractivity contribution >= 4 is 31.1 Å². The summed E-state index contributed by atoms with van der Waals surface area (Å²) in [4.78, 5) is 12.9. The maximum atomic E-state index is 6.56. The largest absolute Gasteiger partial charge is 0.416 e. The first-order chi connectivity index (χ1) is 13.4. The Hall–Kier alpha value is -1.06. The van der Waals surface area contributed by atoms with Gasteiger partial charge in [-0.2, -0.15) is 0 Å². The van der Waals surface area contributed by atoms with Crippen LogP contribution in [0.2, 0.25) is 23.3 Å². The van der Waals surface area contributed by atoms with Gasteiger partial charge in [0.15, 0.2) is 24.9 Å². The Morgan fingerprint density at radius 3 is 2.59 bits per heavy atom. The van der Waals surface area contributed by atoms with E-state index < -0.39 is 14.1 Å². The zero-order chi connectivity index (χ0) is 21.2. The van der Waals surface area contributed by atoms with Crippen molar-refractivity contribution in [3.05, 3.63) is 17.8 Å². The van der Waals surface area contributed by atoms with Crippen molar-refractivity contribution in [3.63, 3.8) is 0 Å². The first-order valence-corrected chi connectivity index (χ1v) is 13.5. The molecule has 2 aromatic heterocycles. The molecule has 160 valence electrons. The van der Waals surface area contributed by atoms with Crippen LogP contribution < -0.4 is 0 Å². The maximum absolute atomic E-state index is 6.56. The Balaban J connectivity index is 1.62. The minimum absolute atomic E-state index is 0.0190. The van der Waals surface area contributed by atoms with E-state index >= 15 is 0 Å². The molecule has 4 rings (SSSR count). The van der Waals surface area contributed by atoms with Crippen LogP contribution in [0.15, 0.2) is 12.7 Å². The van der Waals surface area contributed by atoms with Gasteiger partial charge in [0, 0.05) is 12.5 Å². The highest BCUT2D eigenvalue weighted by Gasteiger charge is 2.55. The third-order valence-corrected chi connectivity index (χ3v) is 11.5. The number of hydrogen-bond acceptors (Lipinski definition) is 6. The van der Waals surface area contributed by atoms with Crippen LogP contribution in [0.25, 0.3) is 11.2 Å². The predicted octanol–water partition coefficient (Wildman–Crippen LogP) is 4.58. The van der Waals surface area contributed by atoms with Gasteiger partial charge in [-0.25, -0.2) is 15.0 Å². The molecule has 4 atom stereocenters. The Morgan fingerprint density at radius 2 is 1.90 bits per heavy atom. The number of halogens is 1. The average molecular weight is 439 g/mol. The average Bonchev–Trinajstić information content (AvgIpc) is 3.24. The van der Waals surface area contributed by atoms with Crippen LogP contribution in [-0.4, -0.2) is 52.4 Å². The lowest BCUT2D eigenvalue weighted by molar-refractivity contribution is -0.161. The predicted molar refractivity (Wildman–Crippen MR) is 114 cm³/mol. The lowest BCUT2D eigenvalue weighted by Crippen LogP contribution is -2.43. The highest BCUT2D eigenvalue weighted by molar-refractivity contribution is 6.74. The summed E-state index contributed by atoms with van der Waals surface area (Å²) in [6.07, 6.45) is 4.05. The third-order valence-electron chi connectivity index (χ3n) is 6.69. The second kappa shape index (κ2) is 6.98. The molecule has 7 nitrogen and oxygen atoms in total. The number of nitrogens with zero attached hydrogens (tertiary/aromatic N) is 4. The van der Waals surface area contributed by atoms with Crippen LogP contribution in [0.4, 0.5) is 0 Å². The van der Waals surface area contributed by atoms with Gasteiger partial charge in [-0.05, 0) is 38.4 Å². The van der Waals surface area contributed by atoms with Gasteiger partial charge in [-0.1, -0.05) is 32.4 Å². The topological polar surface area (TPSA) is 71.3 Å². The molecule has 2 fully saturated rings. The van der Waals surface area contributed by atoms with Gasteiger partial charge >= 0.3 is 0 Å². The molecule has 1 aliphatic carbocycles. The van der Waals surface area contributed by atoms with Crippen LogP contribution in [0, 0.1) is 5.92 Å². The lowest BCUT2D eigenvalue weighted by Gasteiger charge is -2.37. The second-order valence-corrected chi connectivity index (χ2v) is 15.4. The van der Waals surface area contributed by atoms with Gasteiger partial charge in [0.05, 0.1) is 18.5 Å². The SMILES string of the molecule is CC1(C)O[C@@H]2[C@@H](CO[Si](C)(C)C(C)(C)C)C[C@@H](n3cnc4c(Cl)ncnc43)[C@@H]2O1. The normalized spacial score (nSPS) is 29.5. The van der Waals surface area contributed by atoms with Gasteiger partial charge < -0.3 is 18.5 Å². The molecule has 1 saturated carbocycles. The Kier molecular flexibility index (Phi) is 5.10. The van der Waals surface area contributed by atoms with E-state index in [2.05, 4.69) is 53.4 Å². The van der Waals surface area contributed by atoms with Crippen molar-refractivity contribution in [2.24, 2.45) is 5.92 Å². The Bertz CT molecular complexity index is 911. The van der Waals surface area contributed by atoms with Crippen molar-refractivity contribution in [1.29, 1.82) is 0 Å². The summed E-state index contributed by atoms with van der Waals surface area (Å²) in [5.74, 6) is -0.373. The molecule has 1 aliphatic heterocycles. The minimum Gasteiger partial charge on any atom is -0.416 e. The Morgan fingerprint density at radius 1 is 1.21 bits per heavy atom. The molecule has 2 aromatic rings. The molecule has 1 saturated heterocycles. The molecule has 29 heavy (non-hydrogen) atoms. The van der Waals surface area contributed by atoms with E-state index in [0.29, 0.717) is 17.3 Å². The van der Waals surface area contributed by atoms with Crippen LogP contribution in [0.1, 0.15) is 47.1 Å². The highest BCUT2D eigenvalue weighted by Crippen LogP contribution is 2.48. The molecule has 3 heterocycles. The molecular weight excluding hydrogens is 408 g/mol. The molecule has 0 spiro atoms. The molecule has 9 heteroatoms. The van der Waals surface area contributed by atoms with Crippen molar-refractivity contribution in [2.45, 2.75) is 83.2 Å². The molecule has 0 N–H and O–H groups in total. The quantitative estimate of drug-likeness (QED) is 0.513. The van der Waals surface area contributed by atoms with Crippen LogP contribution >= 0.6 is 11.6 Å². The zero-order valence-corrected chi connectivity index (χ0v) is 20.0. The number of ether oxygens (including phenoxy) is 2. The fourth-order valence-electron chi connectivity index (χ4n) is 4.09. The zero-order valence-electron chi connectivity index (χ0n) is 18.3. The lowest BCUT2D eigenvalue weighted by atomic mass is 10.1. The van der Waals surface area contributed by atoms with E-state index in [1.54, 1.807) is 6.33 Å². The summed E-state index contributed by atoms with van der Waals surface area (Å²) in [5.41, 5.74) is 1.35. The summed E-state index contributed by atoms with van der Waals surface area (Å²) in [7, 11) is -1.85. The molecule has 0 radical (unpaired) electrons. The van der Waals surface area contributed by atoms with Crippen LogP contribution in [-0.2, 0) is 13.9 Å². The smallest absolute Gasteiger partial charge is 0.191 e. The third kappa shape index (κ3) is 3.74. The first-order valence-electron chi connectivity index (χ1n) is 10.2. The number of hydrogen-bond donors (Lipinski definition) is 0. The number of imidazole rings is 1. The first kappa shape index (κ1) is 21.2. The van der Waals surface area contributed by atoms with Gasteiger partial charge in [-0.3, -0.25) is 0 Å². The van der Waals surface area contributed by atoms with Gasteiger partial charge in [0.1, 0.15) is 17.9 Å². The molecule has 0 unspecified atom stereocenters. The van der Waals surface area contributed by atoms with Gasteiger partial charge in [-0.15, -0.1) is 0 Å². The van der Waals surface area contributed by atoms with Crippen molar-refractivity contribution in [2.75, 3.05) is 6.61 Å². The van der Waals surface area contributed by atoms with Crippen molar-refractivity contribution < 1.29 is 13.9 Å². The van der Waals surface area contributed by atoms with E-state index in [1.807, 2.05) is 13.8 Å². The van der Waals surface area contributed by atoms with E-state index in [-0.39, 0.29) is 29.2 Å². The van der Waals surface area contributed by atoms with Gasteiger partial charge in [0.2, 0.25) is 0 Å². The van der Waals surface area contributed by atoms with Crippen molar-refractivity contribution in [3.8, 4) is 0 Å². The standard InChI is InChI=1S/C20H31ClN4O3Si/c1-19(2,3)29(6,7)26-9-12-8-13(16-15(12)27-20(4,5)28-16)25-11-24-14-17(21)22-10-23-18(14)25/h10-13,15-16H,8-9H2,1-7H3/t12-,13-,15-,16+/m1/s1. The summed E-state index contributed by atoms with van der Waals surface area (Å²) in [5, 5.41) is 0.537. The molecule has 0 amide bonds. The second-order valence-electron chi connectivity index (χ2n) is 10.2. The summed E-state index contributed by atoms with van der Waals surface area (Å²) in [6.45, 7) is 16.0. The molecule has 0 aromatic carbocycles. The van der Waals surface area contributed by atoms with Gasteiger partial charge in [0.25, 0.3) is 0 Å². The van der Waals surface area contributed by atoms with Crippen LogP contribution in [0.5, 0.6) is 0 Å². The molecule has 0 bridgehead atoms.